The quantitative estimate of drug-likeness (QED) is 0.576. The van der Waals surface area contributed by atoms with Crippen molar-refractivity contribution in [1.29, 1.82) is 0 Å². The van der Waals surface area contributed by atoms with Crippen molar-refractivity contribution in [3.63, 3.8) is 0 Å². The van der Waals surface area contributed by atoms with Crippen molar-refractivity contribution in [2.24, 2.45) is 7.05 Å². The van der Waals surface area contributed by atoms with Crippen molar-refractivity contribution < 1.29 is 32.3 Å². The maximum Gasteiger partial charge on any atom is 0.387 e. The molecule has 142 valence electrons. The summed E-state index contributed by atoms with van der Waals surface area (Å²) in [6.07, 6.45) is 2.88. The Balaban J connectivity index is 1.69. The lowest BCUT2D eigenvalue weighted by Crippen LogP contribution is -2.04. The van der Waals surface area contributed by atoms with Gasteiger partial charge in [0.25, 0.3) is 5.89 Å². The molecule has 1 aromatic carbocycles. The monoisotopic (exact) mass is 380 g/mol. The Labute approximate surface area is 151 Å². The summed E-state index contributed by atoms with van der Waals surface area (Å²) in [6.45, 7) is -3.21. The number of hydrogen-bond acceptors (Lipinski definition) is 8. The number of esters is 1. The van der Waals surface area contributed by atoms with E-state index < -0.39 is 12.6 Å². The molecule has 0 bridgehead atoms. The third-order valence-corrected chi connectivity index (χ3v) is 3.37. The average Bonchev–Trinajstić information content (AvgIpc) is 3.28. The molecule has 27 heavy (non-hydrogen) atoms. The summed E-state index contributed by atoms with van der Waals surface area (Å²) in [5.41, 5.74) is 0.735. The smallest absolute Gasteiger partial charge is 0.387 e. The normalized spacial score (nSPS) is 10.9. The van der Waals surface area contributed by atoms with E-state index in [-0.39, 0.29) is 35.4 Å². The van der Waals surface area contributed by atoms with Gasteiger partial charge in [0.1, 0.15) is 0 Å². The van der Waals surface area contributed by atoms with Gasteiger partial charge in [-0.2, -0.15) is 18.9 Å². The van der Waals surface area contributed by atoms with Gasteiger partial charge >= 0.3 is 12.6 Å². The number of methoxy groups -OCH3 is 1. The van der Waals surface area contributed by atoms with E-state index in [1.165, 1.54) is 42.4 Å². The zero-order valence-corrected chi connectivity index (χ0v) is 14.3. The molecule has 0 aliphatic carbocycles. The third-order valence-electron chi connectivity index (χ3n) is 3.37. The first-order chi connectivity index (χ1) is 13.0. The third kappa shape index (κ3) is 4.37. The Hall–Kier alpha value is -3.50. The van der Waals surface area contributed by atoms with Crippen LogP contribution in [0.3, 0.4) is 0 Å². The number of alkyl halides is 2. The predicted molar refractivity (Wildman–Crippen MR) is 85.2 cm³/mol. The number of halogens is 2. The Morgan fingerprint density at radius 3 is 2.81 bits per heavy atom. The molecule has 0 spiro atoms. The summed E-state index contributed by atoms with van der Waals surface area (Å²) >= 11 is 0. The van der Waals surface area contributed by atoms with Crippen molar-refractivity contribution in [1.82, 2.24) is 19.9 Å². The molecule has 0 saturated carbocycles. The molecule has 0 aliphatic heterocycles. The molecule has 0 radical (unpaired) electrons. The molecule has 0 amide bonds. The van der Waals surface area contributed by atoms with Crippen LogP contribution < -0.4 is 9.47 Å². The minimum Gasteiger partial charge on any atom is -0.493 e. The molecule has 0 atom stereocenters. The highest BCUT2D eigenvalue weighted by molar-refractivity contribution is 5.88. The molecule has 0 aliphatic rings. The molecule has 3 aromatic rings. The highest BCUT2D eigenvalue weighted by atomic mass is 19.3. The van der Waals surface area contributed by atoms with Crippen LogP contribution in [0.1, 0.15) is 16.2 Å². The fourth-order valence-corrected chi connectivity index (χ4v) is 2.17. The molecule has 0 N–H and O–H groups in total. The summed E-state index contributed by atoms with van der Waals surface area (Å²) in [7, 11) is 2.99. The lowest BCUT2D eigenvalue weighted by molar-refractivity contribution is -0.0512. The van der Waals surface area contributed by atoms with E-state index in [1.807, 2.05) is 0 Å². The van der Waals surface area contributed by atoms with Crippen LogP contribution in [0.2, 0.25) is 0 Å². The van der Waals surface area contributed by atoms with Gasteiger partial charge in [0.2, 0.25) is 5.82 Å². The molecular formula is C16H14F2N4O5. The Bertz CT molecular complexity index is 941. The van der Waals surface area contributed by atoms with Gasteiger partial charge < -0.3 is 18.7 Å². The molecular weight excluding hydrogens is 366 g/mol. The summed E-state index contributed by atoms with van der Waals surface area (Å²) in [6, 6.07) is 4.20. The summed E-state index contributed by atoms with van der Waals surface area (Å²) in [5, 5.41) is 7.64. The second-order valence-corrected chi connectivity index (χ2v) is 5.23. The van der Waals surface area contributed by atoms with E-state index in [1.54, 1.807) is 7.05 Å². The molecule has 3 rings (SSSR count). The van der Waals surface area contributed by atoms with Crippen LogP contribution in [0.5, 0.6) is 11.5 Å². The van der Waals surface area contributed by atoms with Crippen LogP contribution >= 0.6 is 0 Å². The summed E-state index contributed by atoms with van der Waals surface area (Å²) in [4.78, 5) is 16.0. The van der Waals surface area contributed by atoms with Crippen molar-refractivity contribution in [2.45, 2.75) is 13.2 Å². The topological polar surface area (TPSA) is 102 Å². The molecule has 0 fully saturated rings. The van der Waals surface area contributed by atoms with Crippen LogP contribution in [0.4, 0.5) is 8.78 Å². The van der Waals surface area contributed by atoms with Crippen LogP contribution in [-0.4, -0.2) is 39.6 Å². The van der Waals surface area contributed by atoms with E-state index in [2.05, 4.69) is 20.0 Å². The highest BCUT2D eigenvalue weighted by Crippen LogP contribution is 2.32. The number of carbonyl (C=O) groups excluding carboxylic acids is 1. The van der Waals surface area contributed by atoms with Gasteiger partial charge in [-0.15, -0.1) is 0 Å². The second kappa shape index (κ2) is 7.81. The SMILES string of the molecule is COc1cc(-c2noc(COC(=O)c3cnn(C)c3)n2)ccc1OC(F)F. The van der Waals surface area contributed by atoms with Crippen molar-refractivity contribution in [2.75, 3.05) is 7.11 Å². The number of nitrogens with zero attached hydrogens (tertiary/aromatic N) is 4. The number of carbonyl (C=O) groups is 1. The van der Waals surface area contributed by atoms with Crippen LogP contribution in [0.15, 0.2) is 35.1 Å². The van der Waals surface area contributed by atoms with E-state index in [0.717, 1.165) is 0 Å². The first-order valence-corrected chi connectivity index (χ1v) is 7.58. The average molecular weight is 380 g/mol. The number of ether oxygens (including phenoxy) is 3. The van der Waals surface area contributed by atoms with Gasteiger partial charge in [-0.3, -0.25) is 4.68 Å². The molecule has 11 heteroatoms. The fraction of sp³-hybridized carbons (Fsp3) is 0.250. The first-order valence-electron chi connectivity index (χ1n) is 7.58. The van der Waals surface area contributed by atoms with Crippen LogP contribution in [0.25, 0.3) is 11.4 Å². The van der Waals surface area contributed by atoms with Gasteiger partial charge in [-0.25, -0.2) is 4.79 Å². The van der Waals surface area contributed by atoms with Gasteiger partial charge in [0.15, 0.2) is 18.1 Å². The first kappa shape index (κ1) is 18.3. The van der Waals surface area contributed by atoms with E-state index in [4.69, 9.17) is 14.0 Å². The van der Waals surface area contributed by atoms with Gasteiger partial charge in [0, 0.05) is 18.8 Å². The Morgan fingerprint density at radius 2 is 2.15 bits per heavy atom. The van der Waals surface area contributed by atoms with E-state index in [9.17, 15) is 13.6 Å². The summed E-state index contributed by atoms with van der Waals surface area (Å²) in [5.74, 6) is -0.385. The standard InChI is InChI=1S/C16H14F2N4O5/c1-22-7-10(6-19-22)15(23)25-8-13-20-14(21-27-13)9-3-4-11(26-16(17)18)12(5-9)24-2/h3-7,16H,8H2,1-2H3. The minimum absolute atomic E-state index is 0.0640. The van der Waals surface area contributed by atoms with Crippen molar-refractivity contribution in [3.05, 3.63) is 42.0 Å². The van der Waals surface area contributed by atoms with Gasteiger partial charge in [-0.05, 0) is 18.2 Å². The molecule has 9 nitrogen and oxygen atoms in total. The zero-order chi connectivity index (χ0) is 19.4. The Kier molecular flexibility index (Phi) is 5.29. The molecule has 2 aromatic heterocycles. The van der Waals surface area contributed by atoms with Gasteiger partial charge in [0.05, 0.1) is 18.9 Å². The minimum atomic E-state index is -2.98. The van der Waals surface area contributed by atoms with Crippen LogP contribution in [0, 0.1) is 0 Å². The Morgan fingerprint density at radius 1 is 1.33 bits per heavy atom. The molecule has 0 unspecified atom stereocenters. The molecule has 0 saturated heterocycles. The number of aromatic nitrogens is 4. The number of benzene rings is 1. The predicted octanol–water partition coefficient (Wildman–Crippen LogP) is 2.44. The maximum atomic E-state index is 12.4. The number of aryl methyl sites for hydroxylation is 1. The lowest BCUT2D eigenvalue weighted by Gasteiger charge is -2.10. The van der Waals surface area contributed by atoms with Crippen molar-refractivity contribution >= 4 is 5.97 Å². The van der Waals surface area contributed by atoms with E-state index in [0.29, 0.717) is 5.56 Å². The van der Waals surface area contributed by atoms with Crippen LogP contribution in [-0.2, 0) is 18.4 Å². The highest BCUT2D eigenvalue weighted by Gasteiger charge is 2.16. The summed E-state index contributed by atoms with van der Waals surface area (Å²) < 4.78 is 45.7. The van der Waals surface area contributed by atoms with Gasteiger partial charge in [-0.1, -0.05) is 5.16 Å². The fourth-order valence-electron chi connectivity index (χ4n) is 2.17. The number of hydrogen-bond donors (Lipinski definition) is 0. The number of rotatable bonds is 7. The zero-order valence-electron chi connectivity index (χ0n) is 14.3. The second-order valence-electron chi connectivity index (χ2n) is 5.23. The largest absolute Gasteiger partial charge is 0.493 e. The molecule has 2 heterocycles. The van der Waals surface area contributed by atoms with E-state index >= 15 is 0 Å². The maximum absolute atomic E-state index is 12.4. The van der Waals surface area contributed by atoms with Crippen molar-refractivity contribution in [3.8, 4) is 22.9 Å². The lowest BCUT2D eigenvalue weighted by atomic mass is 10.2.